The van der Waals surface area contributed by atoms with Gasteiger partial charge in [0.15, 0.2) is 0 Å². The molecule has 0 heterocycles. The maximum Gasteiger partial charge on any atom is 0 e. The third-order valence-electron chi connectivity index (χ3n) is 0.940. The van der Waals surface area contributed by atoms with E-state index in [0.717, 1.165) is 0 Å². The summed E-state index contributed by atoms with van der Waals surface area (Å²) >= 11 is 0. The molecule has 1 rings (SSSR count). The Labute approximate surface area is 87.0 Å². The van der Waals surface area contributed by atoms with Crippen LogP contribution in [0.1, 0.15) is 5.56 Å². The SMILES string of the molecule is Cc1ccccc1.Cl.Cl.[Ru]. The quantitative estimate of drug-likeness (QED) is 0.633. The molecule has 0 N–H and O–H groups in total. The normalized spacial score (nSPS) is 6.10. The van der Waals surface area contributed by atoms with E-state index in [1.54, 1.807) is 0 Å². The molecule has 0 bridgehead atoms. The maximum absolute atomic E-state index is 2.08. The van der Waals surface area contributed by atoms with E-state index in [1.807, 2.05) is 18.2 Å². The van der Waals surface area contributed by atoms with Crippen molar-refractivity contribution in [1.82, 2.24) is 0 Å². The van der Waals surface area contributed by atoms with Crippen LogP contribution in [0, 0.1) is 6.92 Å². The Morgan fingerprint density at radius 1 is 0.900 bits per heavy atom. The van der Waals surface area contributed by atoms with Crippen LogP contribution in [0.5, 0.6) is 0 Å². The van der Waals surface area contributed by atoms with E-state index in [4.69, 9.17) is 0 Å². The third kappa shape index (κ3) is 6.54. The minimum absolute atomic E-state index is 0. The Kier molecular flexibility index (Phi) is 15.8. The van der Waals surface area contributed by atoms with Gasteiger partial charge in [-0.3, -0.25) is 0 Å². The van der Waals surface area contributed by atoms with Crippen LogP contribution in [0.4, 0.5) is 0 Å². The van der Waals surface area contributed by atoms with Crippen molar-refractivity contribution in [3.8, 4) is 0 Å². The zero-order chi connectivity index (χ0) is 5.11. The fourth-order valence-electron chi connectivity index (χ4n) is 0.534. The first-order valence-electron chi connectivity index (χ1n) is 2.41. The van der Waals surface area contributed by atoms with Crippen LogP contribution in [-0.2, 0) is 19.5 Å². The molecule has 0 saturated heterocycles. The summed E-state index contributed by atoms with van der Waals surface area (Å²) in [5.74, 6) is 0. The molecule has 0 unspecified atom stereocenters. The van der Waals surface area contributed by atoms with Gasteiger partial charge >= 0.3 is 0 Å². The Morgan fingerprint density at radius 3 is 1.50 bits per heavy atom. The molecular formula is C7H10Cl2Ru. The zero-order valence-electron chi connectivity index (χ0n) is 5.56. The molecule has 1 aromatic carbocycles. The van der Waals surface area contributed by atoms with E-state index in [9.17, 15) is 0 Å². The molecule has 10 heavy (non-hydrogen) atoms. The Bertz CT molecular complexity index is 142. The van der Waals surface area contributed by atoms with E-state index in [-0.39, 0.29) is 44.3 Å². The van der Waals surface area contributed by atoms with Gasteiger partial charge < -0.3 is 0 Å². The van der Waals surface area contributed by atoms with Crippen molar-refractivity contribution in [2.75, 3.05) is 0 Å². The van der Waals surface area contributed by atoms with Crippen molar-refractivity contribution in [3.05, 3.63) is 35.9 Å². The van der Waals surface area contributed by atoms with E-state index < -0.39 is 0 Å². The van der Waals surface area contributed by atoms with Crippen molar-refractivity contribution < 1.29 is 19.5 Å². The molecule has 0 spiro atoms. The zero-order valence-corrected chi connectivity index (χ0v) is 8.93. The number of benzene rings is 1. The minimum atomic E-state index is 0. The summed E-state index contributed by atoms with van der Waals surface area (Å²) in [6.07, 6.45) is 0. The molecule has 3 heteroatoms. The largest absolute Gasteiger partial charge is 0.147 e. The molecule has 0 aliphatic carbocycles. The van der Waals surface area contributed by atoms with Crippen LogP contribution in [0.3, 0.4) is 0 Å². The van der Waals surface area contributed by atoms with Gasteiger partial charge in [-0.05, 0) is 6.92 Å². The minimum Gasteiger partial charge on any atom is -0.147 e. The van der Waals surface area contributed by atoms with Crippen LogP contribution < -0.4 is 0 Å². The smallest absolute Gasteiger partial charge is 0 e. The van der Waals surface area contributed by atoms with Crippen molar-refractivity contribution in [1.29, 1.82) is 0 Å². The van der Waals surface area contributed by atoms with Crippen molar-refractivity contribution in [3.63, 3.8) is 0 Å². The molecule has 0 fully saturated rings. The van der Waals surface area contributed by atoms with Gasteiger partial charge in [-0.1, -0.05) is 35.9 Å². The monoisotopic (exact) mass is 266 g/mol. The number of aryl methyl sites for hydroxylation is 1. The predicted octanol–water partition coefficient (Wildman–Crippen LogP) is 2.84. The summed E-state index contributed by atoms with van der Waals surface area (Å²) in [5.41, 5.74) is 1.32. The Balaban J connectivity index is -0.000000163. The molecule has 60 valence electrons. The Morgan fingerprint density at radius 2 is 1.30 bits per heavy atom. The van der Waals surface area contributed by atoms with Gasteiger partial charge in [0.05, 0.1) is 0 Å². The van der Waals surface area contributed by atoms with Crippen LogP contribution in [-0.4, -0.2) is 0 Å². The molecule has 0 atom stereocenters. The second-order valence-electron chi connectivity index (χ2n) is 1.65. The summed E-state index contributed by atoms with van der Waals surface area (Å²) in [6, 6.07) is 10.3. The fourth-order valence-corrected chi connectivity index (χ4v) is 0.534. The second-order valence-corrected chi connectivity index (χ2v) is 1.65. The van der Waals surface area contributed by atoms with Gasteiger partial charge in [-0.25, -0.2) is 0 Å². The van der Waals surface area contributed by atoms with Crippen molar-refractivity contribution >= 4 is 24.8 Å². The first kappa shape index (κ1) is 16.8. The first-order valence-corrected chi connectivity index (χ1v) is 2.41. The van der Waals surface area contributed by atoms with Gasteiger partial charge in [-0.15, -0.1) is 24.8 Å². The van der Waals surface area contributed by atoms with Crippen LogP contribution >= 0.6 is 24.8 Å². The van der Waals surface area contributed by atoms with Gasteiger partial charge in [0.25, 0.3) is 0 Å². The summed E-state index contributed by atoms with van der Waals surface area (Å²) in [5, 5.41) is 0. The first-order chi connectivity index (χ1) is 3.39. The molecule has 0 aliphatic rings. The van der Waals surface area contributed by atoms with E-state index in [2.05, 4.69) is 19.1 Å². The summed E-state index contributed by atoms with van der Waals surface area (Å²) in [7, 11) is 0. The average Bonchev–Trinajstić information content (AvgIpc) is 1.69. The Hall–Kier alpha value is 0.423. The summed E-state index contributed by atoms with van der Waals surface area (Å²) in [6.45, 7) is 2.08. The molecule has 0 aliphatic heterocycles. The molecular weight excluding hydrogens is 256 g/mol. The number of halogens is 2. The van der Waals surface area contributed by atoms with Gasteiger partial charge in [-0.2, -0.15) is 0 Å². The molecule has 0 nitrogen and oxygen atoms in total. The van der Waals surface area contributed by atoms with Crippen LogP contribution in [0.15, 0.2) is 30.3 Å². The van der Waals surface area contributed by atoms with E-state index in [0.29, 0.717) is 0 Å². The van der Waals surface area contributed by atoms with E-state index >= 15 is 0 Å². The molecule has 1 aromatic rings. The summed E-state index contributed by atoms with van der Waals surface area (Å²) < 4.78 is 0. The predicted molar refractivity (Wildman–Crippen MR) is 45.7 cm³/mol. The van der Waals surface area contributed by atoms with Gasteiger partial charge in [0.1, 0.15) is 0 Å². The summed E-state index contributed by atoms with van der Waals surface area (Å²) in [4.78, 5) is 0. The number of hydrogen-bond donors (Lipinski definition) is 0. The second kappa shape index (κ2) is 9.42. The molecule has 0 amide bonds. The maximum atomic E-state index is 2.08. The van der Waals surface area contributed by atoms with E-state index in [1.165, 1.54) is 5.56 Å². The number of rotatable bonds is 0. The fraction of sp³-hybridized carbons (Fsp3) is 0.143. The molecule has 0 radical (unpaired) electrons. The van der Waals surface area contributed by atoms with Gasteiger partial charge in [0, 0.05) is 19.5 Å². The molecule has 0 saturated carbocycles. The van der Waals surface area contributed by atoms with Crippen LogP contribution in [0.2, 0.25) is 0 Å². The van der Waals surface area contributed by atoms with Crippen LogP contribution in [0.25, 0.3) is 0 Å². The standard InChI is InChI=1S/C7H8.2ClH.Ru/c1-7-5-3-2-4-6-7;;;/h2-6H,1H3;2*1H;. The van der Waals surface area contributed by atoms with Gasteiger partial charge in [0.2, 0.25) is 0 Å². The number of hydrogen-bond acceptors (Lipinski definition) is 0. The molecule has 0 aromatic heterocycles. The topological polar surface area (TPSA) is 0 Å². The average molecular weight is 266 g/mol. The van der Waals surface area contributed by atoms with Crippen molar-refractivity contribution in [2.24, 2.45) is 0 Å². The third-order valence-corrected chi connectivity index (χ3v) is 0.940. The van der Waals surface area contributed by atoms with Crippen molar-refractivity contribution in [2.45, 2.75) is 6.92 Å².